The van der Waals surface area contributed by atoms with Gasteiger partial charge in [-0.05, 0) is 17.7 Å². The van der Waals surface area contributed by atoms with Crippen LogP contribution in [0.15, 0.2) is 160 Å². The van der Waals surface area contributed by atoms with Crippen molar-refractivity contribution in [1.82, 2.24) is 16.0 Å². The van der Waals surface area contributed by atoms with Gasteiger partial charge in [0.1, 0.15) is 22.3 Å². The molecule has 0 bridgehead atoms. The molecule has 10 aromatic rings. The second-order valence-corrected chi connectivity index (χ2v) is 14.4. The van der Waals surface area contributed by atoms with Gasteiger partial charge >= 0.3 is 0 Å². The van der Waals surface area contributed by atoms with Crippen LogP contribution in [0.25, 0.3) is 75.2 Å². The van der Waals surface area contributed by atoms with Gasteiger partial charge in [-0.25, -0.2) is 0 Å². The molecule has 0 radical (unpaired) electrons. The minimum atomic E-state index is -0.211. The minimum Gasteiger partial charge on any atom is -0.455 e. The Bertz CT molecular complexity index is 2940. The first-order valence-electron chi connectivity index (χ1n) is 17.4. The van der Waals surface area contributed by atoms with E-state index < -0.39 is 0 Å². The van der Waals surface area contributed by atoms with Crippen molar-refractivity contribution in [3.63, 3.8) is 0 Å². The zero-order valence-electron chi connectivity index (χ0n) is 27.4. The van der Waals surface area contributed by atoms with Crippen molar-refractivity contribution < 1.29 is 8.83 Å². The molecule has 1 saturated heterocycles. The molecule has 0 spiro atoms. The minimum absolute atomic E-state index is 0.104. The lowest BCUT2D eigenvalue weighted by molar-refractivity contribution is 0.204. The van der Waals surface area contributed by atoms with Crippen LogP contribution in [0.5, 0.6) is 0 Å². The standard InChI is InChI=1S/C45H31N3O2S/c1-2-12-26(13-3-1)43-46-44(48-45(47-43)36-23-11-21-34-28-15-5-7-25-38(28)51-42(34)36)35-22-10-20-33-32-19-9-18-31(40(32)50-41(33)35)30-17-8-16-29-27-14-4-6-24-37(27)49-39(29)30/h1-25,43-48H. The van der Waals surface area contributed by atoms with Crippen molar-refractivity contribution >= 4 is 75.4 Å². The number of furan rings is 2. The topological polar surface area (TPSA) is 62.4 Å². The molecule has 3 atom stereocenters. The largest absolute Gasteiger partial charge is 0.455 e. The van der Waals surface area contributed by atoms with Crippen molar-refractivity contribution in [2.45, 2.75) is 18.5 Å². The van der Waals surface area contributed by atoms with Crippen LogP contribution in [0.1, 0.15) is 35.2 Å². The molecule has 0 amide bonds. The third-order valence-corrected chi connectivity index (χ3v) is 11.7. The van der Waals surface area contributed by atoms with Crippen LogP contribution >= 0.6 is 11.3 Å². The highest BCUT2D eigenvalue weighted by Gasteiger charge is 2.32. The van der Waals surface area contributed by atoms with Crippen molar-refractivity contribution in [3.05, 3.63) is 168 Å². The highest BCUT2D eigenvalue weighted by Crippen LogP contribution is 2.44. The van der Waals surface area contributed by atoms with E-state index in [1.54, 1.807) is 0 Å². The molecule has 4 heterocycles. The van der Waals surface area contributed by atoms with Crippen LogP contribution in [0, 0.1) is 0 Å². The van der Waals surface area contributed by atoms with E-state index in [2.05, 4.69) is 155 Å². The summed E-state index contributed by atoms with van der Waals surface area (Å²) in [6, 6.07) is 53.5. The molecule has 1 fully saturated rings. The zero-order chi connectivity index (χ0) is 33.5. The molecule has 51 heavy (non-hydrogen) atoms. The predicted octanol–water partition coefficient (Wildman–Crippen LogP) is 11.7. The average Bonchev–Trinajstić information content (AvgIpc) is 3.89. The summed E-state index contributed by atoms with van der Waals surface area (Å²) in [6.45, 7) is 0. The zero-order valence-corrected chi connectivity index (χ0v) is 28.2. The molecule has 244 valence electrons. The van der Waals surface area contributed by atoms with Gasteiger partial charge in [-0.3, -0.25) is 16.0 Å². The Balaban J connectivity index is 1.07. The van der Waals surface area contributed by atoms with E-state index in [1.165, 1.54) is 31.3 Å². The smallest absolute Gasteiger partial charge is 0.143 e. The third kappa shape index (κ3) is 4.51. The molecule has 7 aromatic carbocycles. The number of hydrogen-bond acceptors (Lipinski definition) is 6. The van der Waals surface area contributed by atoms with Crippen LogP contribution < -0.4 is 16.0 Å². The summed E-state index contributed by atoms with van der Waals surface area (Å²) in [5.41, 5.74) is 8.99. The van der Waals surface area contributed by atoms with Crippen molar-refractivity contribution in [1.29, 1.82) is 0 Å². The van der Waals surface area contributed by atoms with E-state index >= 15 is 0 Å². The van der Waals surface area contributed by atoms with Crippen LogP contribution in [0.2, 0.25) is 0 Å². The van der Waals surface area contributed by atoms with Gasteiger partial charge in [-0.1, -0.05) is 140 Å². The summed E-state index contributed by atoms with van der Waals surface area (Å²) in [7, 11) is 0. The van der Waals surface area contributed by atoms with Crippen LogP contribution in [-0.2, 0) is 0 Å². The van der Waals surface area contributed by atoms with E-state index in [9.17, 15) is 0 Å². The number of benzene rings is 7. The lowest BCUT2D eigenvalue weighted by atomic mass is 9.99. The fourth-order valence-electron chi connectivity index (χ4n) is 8.08. The Morgan fingerprint density at radius 3 is 1.75 bits per heavy atom. The Morgan fingerprint density at radius 1 is 0.392 bits per heavy atom. The number of nitrogens with one attached hydrogen (secondary N) is 3. The fraction of sp³-hybridized carbons (Fsp3) is 0.0667. The number of thiophene rings is 1. The molecule has 0 saturated carbocycles. The molecule has 0 aliphatic carbocycles. The highest BCUT2D eigenvalue weighted by molar-refractivity contribution is 7.26. The van der Waals surface area contributed by atoms with E-state index in [1.807, 2.05) is 23.5 Å². The molecule has 6 heteroatoms. The number of para-hydroxylation sites is 4. The molecular weight excluding hydrogens is 647 g/mol. The van der Waals surface area contributed by atoms with Crippen LogP contribution in [-0.4, -0.2) is 0 Å². The Morgan fingerprint density at radius 2 is 0.941 bits per heavy atom. The summed E-state index contributed by atoms with van der Waals surface area (Å²) in [5, 5.41) is 18.7. The number of fused-ring (bicyclic) bond motifs is 9. The van der Waals surface area contributed by atoms with Gasteiger partial charge in [-0.15, -0.1) is 11.3 Å². The molecular formula is C45H31N3O2S. The first kappa shape index (κ1) is 29.0. The molecule has 3 unspecified atom stereocenters. The van der Waals surface area contributed by atoms with Crippen LogP contribution in [0.4, 0.5) is 0 Å². The highest BCUT2D eigenvalue weighted by atomic mass is 32.1. The van der Waals surface area contributed by atoms with E-state index in [4.69, 9.17) is 8.83 Å². The molecule has 1 aliphatic heterocycles. The fourth-order valence-corrected chi connectivity index (χ4v) is 9.32. The van der Waals surface area contributed by atoms with E-state index in [0.717, 1.165) is 60.6 Å². The second-order valence-electron chi connectivity index (χ2n) is 13.3. The number of hydrogen-bond donors (Lipinski definition) is 3. The molecule has 3 N–H and O–H groups in total. The average molecular weight is 678 g/mol. The molecule has 11 rings (SSSR count). The van der Waals surface area contributed by atoms with Gasteiger partial charge in [0, 0.05) is 64.0 Å². The molecule has 3 aromatic heterocycles. The normalized spacial score (nSPS) is 18.2. The van der Waals surface area contributed by atoms with Crippen LogP contribution in [0.3, 0.4) is 0 Å². The summed E-state index contributed by atoms with van der Waals surface area (Å²) in [4.78, 5) is 0. The van der Waals surface area contributed by atoms with Gasteiger partial charge in [0.2, 0.25) is 0 Å². The van der Waals surface area contributed by atoms with Gasteiger partial charge in [0.25, 0.3) is 0 Å². The first-order chi connectivity index (χ1) is 25.3. The lowest BCUT2D eigenvalue weighted by Gasteiger charge is -2.39. The Labute approximate surface area is 297 Å². The summed E-state index contributed by atoms with van der Waals surface area (Å²) >= 11 is 1.86. The van der Waals surface area contributed by atoms with Gasteiger partial charge in [-0.2, -0.15) is 0 Å². The second kappa shape index (κ2) is 11.4. The van der Waals surface area contributed by atoms with Crippen molar-refractivity contribution in [2.24, 2.45) is 0 Å². The summed E-state index contributed by atoms with van der Waals surface area (Å²) in [6.07, 6.45) is -0.440. The van der Waals surface area contributed by atoms with E-state index in [0.29, 0.717) is 0 Å². The predicted molar refractivity (Wildman–Crippen MR) is 210 cm³/mol. The van der Waals surface area contributed by atoms with Crippen molar-refractivity contribution in [2.75, 3.05) is 0 Å². The SMILES string of the molecule is c1ccc(C2NC(c3cccc4c3oc3c(-c5cccc6c5oc5ccccc56)cccc34)NC(c3cccc4c3sc3ccccc34)N2)cc1. The van der Waals surface area contributed by atoms with Gasteiger partial charge < -0.3 is 8.83 Å². The van der Waals surface area contributed by atoms with Gasteiger partial charge in [0.15, 0.2) is 0 Å². The lowest BCUT2D eigenvalue weighted by Crippen LogP contribution is -2.54. The first-order valence-corrected chi connectivity index (χ1v) is 18.2. The third-order valence-electron chi connectivity index (χ3n) is 10.4. The van der Waals surface area contributed by atoms with Gasteiger partial charge in [0.05, 0.1) is 18.5 Å². The maximum absolute atomic E-state index is 7.00. The summed E-state index contributed by atoms with van der Waals surface area (Å²) < 4.78 is 16.1. The Hall–Kier alpha value is -5.76. The Kier molecular flexibility index (Phi) is 6.48. The van der Waals surface area contributed by atoms with E-state index in [-0.39, 0.29) is 18.5 Å². The maximum Gasteiger partial charge on any atom is 0.143 e. The quantitative estimate of drug-likeness (QED) is 0.173. The number of rotatable bonds is 4. The molecule has 5 nitrogen and oxygen atoms in total. The molecule has 1 aliphatic rings. The summed E-state index contributed by atoms with van der Waals surface area (Å²) in [5.74, 6) is 0. The monoisotopic (exact) mass is 677 g/mol. The maximum atomic E-state index is 7.00. The van der Waals surface area contributed by atoms with Crippen molar-refractivity contribution in [3.8, 4) is 11.1 Å².